The third-order valence-electron chi connectivity index (χ3n) is 6.06. The van der Waals surface area contributed by atoms with Gasteiger partial charge in [0, 0.05) is 37.3 Å². The summed E-state index contributed by atoms with van der Waals surface area (Å²) in [6.07, 6.45) is 0. The molecule has 0 bridgehead atoms. The number of likely N-dealkylation sites (tertiary alicyclic amines) is 1. The molecule has 2 aromatic carbocycles. The average molecular weight is 437 g/mol. The molecule has 0 aliphatic carbocycles. The lowest BCUT2D eigenvalue weighted by Gasteiger charge is -2.31. The number of aliphatic hydroxyl groups excluding tert-OH is 1. The number of amides is 1. The van der Waals surface area contributed by atoms with Gasteiger partial charge in [0.15, 0.2) is 0 Å². The third-order valence-corrected chi connectivity index (χ3v) is 6.06. The van der Waals surface area contributed by atoms with E-state index in [1.807, 2.05) is 37.3 Å². The largest absolute Gasteiger partial charge is 0.507 e. The van der Waals surface area contributed by atoms with Gasteiger partial charge in [0.2, 0.25) is 0 Å². The topological polar surface area (TPSA) is 79.3 Å². The van der Waals surface area contributed by atoms with Crippen molar-refractivity contribution in [1.82, 2.24) is 9.80 Å². The molecule has 1 amide bonds. The Balaban J connectivity index is 1.77. The quantitative estimate of drug-likeness (QED) is 0.426. The standard InChI is InChI=1S/C25H28N2O5/c1-17-7-9-18(10-8-17)23(28)21-22(19-5-3-4-6-20(19)31-2)27(25(30)24(21)29)12-11-26-13-15-32-16-14-26/h3-10,22,28H,11-16H2,1-2H3/b23-21+/t22-/m1/s1. The number of nitrogens with zero attached hydrogens (tertiary/aromatic N) is 2. The van der Waals surface area contributed by atoms with E-state index in [1.165, 1.54) is 0 Å². The van der Waals surface area contributed by atoms with E-state index in [9.17, 15) is 14.7 Å². The second-order valence-corrected chi connectivity index (χ2v) is 8.05. The highest BCUT2D eigenvalue weighted by Crippen LogP contribution is 2.42. The molecule has 2 saturated heterocycles. The molecule has 0 spiro atoms. The molecule has 7 heteroatoms. The first-order valence-electron chi connectivity index (χ1n) is 10.8. The van der Waals surface area contributed by atoms with Crippen LogP contribution in [0.1, 0.15) is 22.7 Å². The summed E-state index contributed by atoms with van der Waals surface area (Å²) in [4.78, 5) is 30.0. The van der Waals surface area contributed by atoms with E-state index in [2.05, 4.69) is 4.90 Å². The number of hydrogen-bond acceptors (Lipinski definition) is 6. The summed E-state index contributed by atoms with van der Waals surface area (Å²) >= 11 is 0. The van der Waals surface area contributed by atoms with Gasteiger partial charge in [-0.05, 0) is 13.0 Å². The summed E-state index contributed by atoms with van der Waals surface area (Å²) in [7, 11) is 1.55. The molecule has 0 radical (unpaired) electrons. The lowest BCUT2D eigenvalue weighted by Crippen LogP contribution is -2.42. The Morgan fingerprint density at radius 1 is 1.06 bits per heavy atom. The smallest absolute Gasteiger partial charge is 0.295 e. The first kappa shape index (κ1) is 22.0. The minimum Gasteiger partial charge on any atom is -0.507 e. The van der Waals surface area contributed by atoms with Gasteiger partial charge >= 0.3 is 0 Å². The molecular formula is C25H28N2O5. The maximum absolute atomic E-state index is 13.1. The number of carbonyl (C=O) groups is 2. The Morgan fingerprint density at radius 2 is 1.75 bits per heavy atom. The molecule has 4 rings (SSSR count). The van der Waals surface area contributed by atoms with Crippen LogP contribution >= 0.6 is 0 Å². The average Bonchev–Trinajstić information content (AvgIpc) is 3.08. The number of para-hydroxylation sites is 1. The van der Waals surface area contributed by atoms with Gasteiger partial charge in [0.25, 0.3) is 11.7 Å². The van der Waals surface area contributed by atoms with Gasteiger partial charge in [0.05, 0.1) is 31.9 Å². The fourth-order valence-electron chi connectivity index (χ4n) is 4.27. The first-order chi connectivity index (χ1) is 15.5. The molecule has 2 aromatic rings. The van der Waals surface area contributed by atoms with Gasteiger partial charge < -0.3 is 19.5 Å². The van der Waals surface area contributed by atoms with Gasteiger partial charge in [0.1, 0.15) is 11.5 Å². The maximum Gasteiger partial charge on any atom is 0.295 e. The third kappa shape index (κ3) is 4.26. The van der Waals surface area contributed by atoms with Crippen LogP contribution in [0.15, 0.2) is 54.1 Å². The second-order valence-electron chi connectivity index (χ2n) is 8.05. The highest BCUT2D eigenvalue weighted by molar-refractivity contribution is 6.46. The van der Waals surface area contributed by atoms with Crippen molar-refractivity contribution in [3.05, 3.63) is 70.8 Å². The van der Waals surface area contributed by atoms with Crippen LogP contribution in [0.5, 0.6) is 5.75 Å². The Bertz CT molecular complexity index is 1020. The van der Waals surface area contributed by atoms with Crippen LogP contribution in [-0.2, 0) is 14.3 Å². The van der Waals surface area contributed by atoms with Gasteiger partial charge in [-0.1, -0.05) is 48.0 Å². The highest BCUT2D eigenvalue weighted by Gasteiger charge is 2.47. The zero-order valence-corrected chi connectivity index (χ0v) is 18.4. The lowest BCUT2D eigenvalue weighted by molar-refractivity contribution is -0.140. The number of benzene rings is 2. The van der Waals surface area contributed by atoms with Crippen molar-refractivity contribution in [2.24, 2.45) is 0 Å². The summed E-state index contributed by atoms with van der Waals surface area (Å²) in [5.41, 5.74) is 2.30. The van der Waals surface area contributed by atoms with Crippen molar-refractivity contribution in [3.63, 3.8) is 0 Å². The summed E-state index contributed by atoms with van der Waals surface area (Å²) < 4.78 is 10.9. The summed E-state index contributed by atoms with van der Waals surface area (Å²) in [5.74, 6) is -0.900. The van der Waals surface area contributed by atoms with Crippen molar-refractivity contribution in [1.29, 1.82) is 0 Å². The van der Waals surface area contributed by atoms with Gasteiger partial charge in [-0.3, -0.25) is 14.5 Å². The summed E-state index contributed by atoms with van der Waals surface area (Å²) in [6, 6.07) is 13.8. The summed E-state index contributed by atoms with van der Waals surface area (Å²) in [5, 5.41) is 11.1. The predicted octanol–water partition coefficient (Wildman–Crippen LogP) is 2.76. The lowest BCUT2D eigenvalue weighted by atomic mass is 9.94. The summed E-state index contributed by atoms with van der Waals surface area (Å²) in [6.45, 7) is 5.80. The molecule has 0 aromatic heterocycles. The van der Waals surface area contributed by atoms with Crippen LogP contribution in [0, 0.1) is 6.92 Å². The number of morpholine rings is 1. The van der Waals surface area contributed by atoms with E-state index >= 15 is 0 Å². The molecular weight excluding hydrogens is 408 g/mol. The molecule has 168 valence electrons. The number of ether oxygens (including phenoxy) is 2. The van der Waals surface area contributed by atoms with Gasteiger partial charge in [-0.15, -0.1) is 0 Å². The van der Waals surface area contributed by atoms with Crippen LogP contribution in [0.3, 0.4) is 0 Å². The second kappa shape index (κ2) is 9.54. The maximum atomic E-state index is 13.1. The minimum absolute atomic E-state index is 0.0883. The zero-order chi connectivity index (χ0) is 22.7. The molecule has 0 saturated carbocycles. The number of rotatable bonds is 6. The van der Waals surface area contributed by atoms with Crippen LogP contribution < -0.4 is 4.74 Å². The molecule has 2 aliphatic heterocycles. The number of methoxy groups -OCH3 is 1. The van der Waals surface area contributed by atoms with E-state index in [0.29, 0.717) is 43.2 Å². The minimum atomic E-state index is -0.728. The first-order valence-corrected chi connectivity index (χ1v) is 10.8. The highest BCUT2D eigenvalue weighted by atomic mass is 16.5. The molecule has 2 aliphatic rings. The monoisotopic (exact) mass is 436 g/mol. The van der Waals surface area contributed by atoms with Crippen LogP contribution in [-0.4, -0.2) is 73.1 Å². The fourth-order valence-corrected chi connectivity index (χ4v) is 4.27. The van der Waals surface area contributed by atoms with Gasteiger partial charge in [-0.25, -0.2) is 0 Å². The Kier molecular flexibility index (Phi) is 6.58. The Hall–Kier alpha value is -3.16. The number of ketones is 1. The number of Topliss-reactive ketones (excluding diaryl/α,β-unsaturated/α-hetero) is 1. The van der Waals surface area contributed by atoms with Crippen LogP contribution in [0.2, 0.25) is 0 Å². The normalized spacial score (nSPS) is 21.2. The molecule has 1 N–H and O–H groups in total. The number of aryl methyl sites for hydroxylation is 1. The fraction of sp³-hybridized carbons (Fsp3) is 0.360. The predicted molar refractivity (Wildman–Crippen MR) is 120 cm³/mol. The van der Waals surface area contributed by atoms with Crippen LogP contribution in [0.4, 0.5) is 0 Å². The SMILES string of the molecule is COc1ccccc1[C@@H]1/C(=C(\O)c2ccc(C)cc2)C(=O)C(=O)N1CCN1CCOCC1. The molecule has 2 heterocycles. The van der Waals surface area contributed by atoms with Gasteiger partial charge in [-0.2, -0.15) is 0 Å². The molecule has 0 unspecified atom stereocenters. The Morgan fingerprint density at radius 3 is 2.44 bits per heavy atom. The molecule has 1 atom stereocenters. The van der Waals surface area contributed by atoms with Crippen molar-refractivity contribution in [2.75, 3.05) is 46.5 Å². The van der Waals surface area contributed by atoms with Crippen LogP contribution in [0.25, 0.3) is 5.76 Å². The van der Waals surface area contributed by atoms with Crippen molar-refractivity contribution in [3.8, 4) is 5.75 Å². The van der Waals surface area contributed by atoms with E-state index in [-0.39, 0.29) is 11.3 Å². The van der Waals surface area contributed by atoms with E-state index < -0.39 is 17.7 Å². The Labute approximate surface area is 187 Å². The molecule has 7 nitrogen and oxygen atoms in total. The van der Waals surface area contributed by atoms with E-state index in [1.54, 1.807) is 30.2 Å². The number of aliphatic hydroxyl groups is 1. The van der Waals surface area contributed by atoms with Crippen molar-refractivity contribution >= 4 is 17.4 Å². The van der Waals surface area contributed by atoms with Crippen molar-refractivity contribution in [2.45, 2.75) is 13.0 Å². The number of carbonyl (C=O) groups excluding carboxylic acids is 2. The van der Waals surface area contributed by atoms with Crippen molar-refractivity contribution < 1.29 is 24.2 Å². The van der Waals surface area contributed by atoms with E-state index in [0.717, 1.165) is 18.7 Å². The molecule has 32 heavy (non-hydrogen) atoms. The van der Waals surface area contributed by atoms with E-state index in [4.69, 9.17) is 9.47 Å². The zero-order valence-electron chi connectivity index (χ0n) is 18.4. The number of hydrogen-bond donors (Lipinski definition) is 1. The molecule has 2 fully saturated rings.